The smallest absolute Gasteiger partial charge is 0.406 e. The van der Waals surface area contributed by atoms with E-state index >= 15 is 0 Å². The molecule has 0 bridgehead atoms. The Morgan fingerprint density at radius 3 is 2.68 bits per heavy atom. The highest BCUT2D eigenvalue weighted by Crippen LogP contribution is 2.23. The van der Waals surface area contributed by atoms with Crippen molar-refractivity contribution in [3.05, 3.63) is 29.8 Å². The van der Waals surface area contributed by atoms with Gasteiger partial charge in [-0.2, -0.15) is 0 Å². The van der Waals surface area contributed by atoms with Gasteiger partial charge in [0.2, 0.25) is 0 Å². The lowest BCUT2D eigenvalue weighted by atomic mass is 10.1. The number of benzene rings is 1. The van der Waals surface area contributed by atoms with Crippen molar-refractivity contribution in [2.75, 3.05) is 26.8 Å². The fourth-order valence-electron chi connectivity index (χ4n) is 1.61. The second-order valence-electron chi connectivity index (χ2n) is 4.04. The highest BCUT2D eigenvalue weighted by Gasteiger charge is 2.30. The van der Waals surface area contributed by atoms with E-state index in [-0.39, 0.29) is 5.75 Å². The molecule has 0 unspecified atom stereocenters. The fraction of sp³-hybridized carbons (Fsp3) is 0.538. The van der Waals surface area contributed by atoms with Crippen molar-refractivity contribution in [2.24, 2.45) is 0 Å². The van der Waals surface area contributed by atoms with Gasteiger partial charge in [0.15, 0.2) is 0 Å². The van der Waals surface area contributed by atoms with E-state index in [2.05, 4.69) is 10.1 Å². The van der Waals surface area contributed by atoms with Crippen molar-refractivity contribution in [3.8, 4) is 5.75 Å². The van der Waals surface area contributed by atoms with Crippen LogP contribution in [0.5, 0.6) is 5.75 Å². The highest BCUT2D eigenvalue weighted by atomic mass is 19.4. The number of alkyl halides is 3. The Bertz CT molecular complexity index is 369. The van der Waals surface area contributed by atoms with E-state index < -0.39 is 6.36 Å². The van der Waals surface area contributed by atoms with E-state index in [9.17, 15) is 13.2 Å². The Morgan fingerprint density at radius 1 is 1.21 bits per heavy atom. The van der Waals surface area contributed by atoms with Gasteiger partial charge in [-0.15, -0.1) is 13.2 Å². The van der Waals surface area contributed by atoms with E-state index in [1.165, 1.54) is 12.1 Å². The Balaban J connectivity index is 2.32. The SMILES string of the molecule is COCCNCCCc1cccc(OC(F)(F)F)c1. The quantitative estimate of drug-likeness (QED) is 0.741. The third kappa shape index (κ3) is 7.69. The molecule has 0 saturated carbocycles. The van der Waals surface area contributed by atoms with E-state index in [4.69, 9.17) is 4.74 Å². The van der Waals surface area contributed by atoms with Gasteiger partial charge in [0.1, 0.15) is 5.75 Å². The maximum Gasteiger partial charge on any atom is 0.573 e. The number of methoxy groups -OCH3 is 1. The predicted octanol–water partition coefficient (Wildman–Crippen LogP) is 2.75. The summed E-state index contributed by atoms with van der Waals surface area (Å²) >= 11 is 0. The summed E-state index contributed by atoms with van der Waals surface area (Å²) in [6.45, 7) is 2.22. The number of hydrogen-bond acceptors (Lipinski definition) is 3. The van der Waals surface area contributed by atoms with Gasteiger partial charge in [0.25, 0.3) is 0 Å². The van der Waals surface area contributed by atoms with Gasteiger partial charge in [-0.1, -0.05) is 12.1 Å². The lowest BCUT2D eigenvalue weighted by Crippen LogP contribution is -2.20. The van der Waals surface area contributed by atoms with E-state index in [0.29, 0.717) is 13.0 Å². The van der Waals surface area contributed by atoms with Crippen LogP contribution < -0.4 is 10.1 Å². The molecule has 0 fully saturated rings. The zero-order valence-electron chi connectivity index (χ0n) is 10.8. The first-order valence-electron chi connectivity index (χ1n) is 6.05. The maximum atomic E-state index is 12.1. The Hall–Kier alpha value is -1.27. The summed E-state index contributed by atoms with van der Waals surface area (Å²) < 4.78 is 44.9. The van der Waals surface area contributed by atoms with E-state index in [1.807, 2.05) is 0 Å². The molecule has 0 heterocycles. The van der Waals surface area contributed by atoms with Gasteiger partial charge in [-0.3, -0.25) is 0 Å². The number of hydrogen-bond donors (Lipinski definition) is 1. The topological polar surface area (TPSA) is 30.5 Å². The highest BCUT2D eigenvalue weighted by molar-refractivity contribution is 5.28. The molecule has 0 aliphatic carbocycles. The van der Waals surface area contributed by atoms with Crippen LogP contribution in [0.3, 0.4) is 0 Å². The molecule has 0 aliphatic rings. The molecule has 1 N–H and O–H groups in total. The van der Waals surface area contributed by atoms with Gasteiger partial charge in [-0.05, 0) is 37.1 Å². The van der Waals surface area contributed by atoms with Crippen LogP contribution in [0.2, 0.25) is 0 Å². The molecule has 108 valence electrons. The summed E-state index contributed by atoms with van der Waals surface area (Å²) in [5.41, 5.74) is 0.829. The average Bonchev–Trinajstić information content (AvgIpc) is 2.32. The van der Waals surface area contributed by atoms with E-state index in [1.54, 1.807) is 19.2 Å². The third-order valence-corrected chi connectivity index (χ3v) is 2.43. The first-order chi connectivity index (χ1) is 9.01. The van der Waals surface area contributed by atoms with Crippen LogP contribution >= 0.6 is 0 Å². The molecule has 0 atom stereocenters. The number of nitrogens with one attached hydrogen (secondary N) is 1. The minimum atomic E-state index is -4.64. The van der Waals surface area contributed by atoms with Crippen LogP contribution in [0.4, 0.5) is 13.2 Å². The summed E-state index contributed by atoms with van der Waals surface area (Å²) in [4.78, 5) is 0. The Kier molecular flexibility index (Phi) is 6.66. The molecule has 0 saturated heterocycles. The zero-order valence-corrected chi connectivity index (χ0v) is 10.8. The maximum absolute atomic E-state index is 12.1. The normalized spacial score (nSPS) is 11.6. The first-order valence-corrected chi connectivity index (χ1v) is 6.05. The first kappa shape index (κ1) is 15.8. The van der Waals surface area contributed by atoms with Crippen molar-refractivity contribution in [3.63, 3.8) is 0 Å². The molecule has 0 aliphatic heterocycles. The van der Waals surface area contributed by atoms with Crippen molar-refractivity contribution in [2.45, 2.75) is 19.2 Å². The van der Waals surface area contributed by atoms with Gasteiger partial charge >= 0.3 is 6.36 Å². The molecule has 0 amide bonds. The van der Waals surface area contributed by atoms with Gasteiger partial charge in [0, 0.05) is 13.7 Å². The largest absolute Gasteiger partial charge is 0.573 e. The molecule has 19 heavy (non-hydrogen) atoms. The fourth-order valence-corrected chi connectivity index (χ4v) is 1.61. The van der Waals surface area contributed by atoms with Crippen LogP contribution in [0.15, 0.2) is 24.3 Å². The average molecular weight is 277 g/mol. The number of aryl methyl sites for hydroxylation is 1. The molecular formula is C13H18F3NO2. The van der Waals surface area contributed by atoms with E-state index in [0.717, 1.165) is 25.1 Å². The van der Waals surface area contributed by atoms with Crippen LogP contribution in [-0.4, -0.2) is 33.2 Å². The lowest BCUT2D eigenvalue weighted by Gasteiger charge is -2.10. The minimum absolute atomic E-state index is 0.169. The predicted molar refractivity (Wildman–Crippen MR) is 66.2 cm³/mol. The molecule has 0 spiro atoms. The molecule has 3 nitrogen and oxygen atoms in total. The van der Waals surface area contributed by atoms with Crippen molar-refractivity contribution in [1.29, 1.82) is 0 Å². The molecule has 6 heteroatoms. The van der Waals surface area contributed by atoms with Crippen LogP contribution in [-0.2, 0) is 11.2 Å². The molecule has 1 aromatic carbocycles. The third-order valence-electron chi connectivity index (χ3n) is 2.43. The minimum Gasteiger partial charge on any atom is -0.406 e. The summed E-state index contributed by atoms with van der Waals surface area (Å²) in [5.74, 6) is -0.169. The molecule has 0 aromatic heterocycles. The number of ether oxygens (including phenoxy) is 2. The number of rotatable bonds is 8. The van der Waals surface area contributed by atoms with Crippen molar-refractivity contribution in [1.82, 2.24) is 5.32 Å². The van der Waals surface area contributed by atoms with Crippen LogP contribution in [0.25, 0.3) is 0 Å². The second-order valence-corrected chi connectivity index (χ2v) is 4.04. The Labute approximate surface area is 110 Å². The van der Waals surface area contributed by atoms with Gasteiger partial charge in [0.05, 0.1) is 6.61 Å². The molecule has 0 radical (unpaired) electrons. The monoisotopic (exact) mass is 277 g/mol. The van der Waals surface area contributed by atoms with Crippen LogP contribution in [0, 0.1) is 0 Å². The van der Waals surface area contributed by atoms with Crippen LogP contribution in [0.1, 0.15) is 12.0 Å². The Morgan fingerprint density at radius 2 is 2.00 bits per heavy atom. The summed E-state index contributed by atoms with van der Waals surface area (Å²) in [6.07, 6.45) is -3.09. The van der Waals surface area contributed by atoms with Crippen molar-refractivity contribution < 1.29 is 22.6 Å². The molecular weight excluding hydrogens is 259 g/mol. The summed E-state index contributed by atoms with van der Waals surface area (Å²) in [5, 5.41) is 3.17. The van der Waals surface area contributed by atoms with Crippen molar-refractivity contribution >= 4 is 0 Å². The standard InChI is InChI=1S/C13H18F3NO2/c1-18-9-8-17-7-3-5-11-4-2-6-12(10-11)19-13(14,15)16/h2,4,6,10,17H,3,5,7-9H2,1H3. The van der Waals surface area contributed by atoms with Gasteiger partial charge in [-0.25, -0.2) is 0 Å². The lowest BCUT2D eigenvalue weighted by molar-refractivity contribution is -0.274. The summed E-state index contributed by atoms with van der Waals surface area (Å²) in [7, 11) is 1.63. The molecule has 1 aromatic rings. The molecule has 1 rings (SSSR count). The second kappa shape index (κ2) is 8.01. The zero-order chi connectivity index (χ0) is 14.1. The number of halogens is 3. The summed E-state index contributed by atoms with van der Waals surface area (Å²) in [6, 6.07) is 6.07. The van der Waals surface area contributed by atoms with Gasteiger partial charge < -0.3 is 14.8 Å².